The molecule has 0 aromatic heterocycles. The Morgan fingerprint density at radius 3 is 2.36 bits per heavy atom. The normalized spacial score (nSPS) is 15.8. The Morgan fingerprint density at radius 2 is 1.76 bits per heavy atom. The van der Waals surface area contributed by atoms with Crippen molar-refractivity contribution in [1.29, 1.82) is 5.26 Å². The van der Waals surface area contributed by atoms with E-state index in [1.54, 1.807) is 12.1 Å². The Hall–Kier alpha value is -2.98. The van der Waals surface area contributed by atoms with Crippen LogP contribution in [0.1, 0.15) is 34.7 Å². The first-order valence-electron chi connectivity index (χ1n) is 8.37. The third kappa shape index (κ3) is 2.26. The summed E-state index contributed by atoms with van der Waals surface area (Å²) in [6.45, 7) is 18.3. The van der Waals surface area contributed by atoms with Crippen LogP contribution in [0.15, 0.2) is 18.2 Å². The molecule has 3 rings (SSSR count). The maximum absolute atomic E-state index is 9.53. The second-order valence-corrected chi connectivity index (χ2v) is 6.75. The largest absolute Gasteiger partial charge is 0.353 e. The van der Waals surface area contributed by atoms with Gasteiger partial charge in [0.2, 0.25) is 5.69 Å². The summed E-state index contributed by atoms with van der Waals surface area (Å²) < 4.78 is 0. The number of nitrogens with zero attached hydrogens (tertiary/aromatic N) is 4. The fourth-order valence-corrected chi connectivity index (χ4v) is 3.65. The Bertz CT molecular complexity index is 960. The van der Waals surface area contributed by atoms with Crippen LogP contribution in [0.2, 0.25) is 0 Å². The molecule has 4 nitrogen and oxygen atoms in total. The second kappa shape index (κ2) is 5.83. The highest BCUT2D eigenvalue weighted by molar-refractivity contribution is 5.96. The number of nitriles is 1. The summed E-state index contributed by atoms with van der Waals surface area (Å²) in [6.07, 6.45) is 0.0326. The van der Waals surface area contributed by atoms with Gasteiger partial charge in [-0.25, -0.2) is 4.85 Å². The molecule has 1 heterocycles. The van der Waals surface area contributed by atoms with Gasteiger partial charge in [-0.1, -0.05) is 12.1 Å². The molecule has 0 amide bonds. The third-order valence-electron chi connectivity index (χ3n) is 5.61. The zero-order valence-electron chi connectivity index (χ0n) is 15.6. The Balaban J connectivity index is 2.37. The van der Waals surface area contributed by atoms with E-state index in [1.165, 1.54) is 22.3 Å². The molecule has 4 heteroatoms. The molecule has 0 aliphatic carbocycles. The van der Waals surface area contributed by atoms with Crippen molar-refractivity contribution in [3.63, 3.8) is 0 Å². The fraction of sp³-hybridized carbons (Fsp3) is 0.333. The molecule has 2 aromatic rings. The lowest BCUT2D eigenvalue weighted by Crippen LogP contribution is -2.36. The van der Waals surface area contributed by atoms with E-state index >= 15 is 0 Å². The van der Waals surface area contributed by atoms with Crippen molar-refractivity contribution >= 4 is 22.7 Å². The minimum atomic E-state index is 0.0326. The van der Waals surface area contributed by atoms with Crippen molar-refractivity contribution < 1.29 is 0 Å². The lowest BCUT2D eigenvalue weighted by atomic mass is 9.96. The molecular weight excluding hydrogens is 308 g/mol. The maximum atomic E-state index is 9.53. The van der Waals surface area contributed by atoms with E-state index in [0.29, 0.717) is 11.3 Å². The summed E-state index contributed by atoms with van der Waals surface area (Å²) in [5.41, 5.74) is 9.03. The summed E-state index contributed by atoms with van der Waals surface area (Å²) in [5.74, 6) is 0. The van der Waals surface area contributed by atoms with Crippen molar-refractivity contribution in [3.05, 3.63) is 57.4 Å². The Kier molecular flexibility index (Phi) is 3.93. The van der Waals surface area contributed by atoms with Gasteiger partial charge in [0.15, 0.2) is 0 Å². The van der Waals surface area contributed by atoms with E-state index < -0.39 is 0 Å². The summed E-state index contributed by atoms with van der Waals surface area (Å²) in [5, 5.41) is 9.53. The van der Waals surface area contributed by atoms with Gasteiger partial charge >= 0.3 is 0 Å². The minimum absolute atomic E-state index is 0.0326. The number of hydrogen-bond acceptors (Lipinski definition) is 3. The van der Waals surface area contributed by atoms with Crippen LogP contribution in [0.4, 0.5) is 22.7 Å². The van der Waals surface area contributed by atoms with Crippen molar-refractivity contribution in [2.45, 2.75) is 40.8 Å². The van der Waals surface area contributed by atoms with Crippen LogP contribution in [-0.2, 0) is 0 Å². The summed E-state index contributed by atoms with van der Waals surface area (Å²) in [7, 11) is 1.99. The topological polar surface area (TPSA) is 34.6 Å². The van der Waals surface area contributed by atoms with Gasteiger partial charge < -0.3 is 9.80 Å². The van der Waals surface area contributed by atoms with Crippen molar-refractivity contribution in [2.75, 3.05) is 16.8 Å². The molecule has 25 heavy (non-hydrogen) atoms. The highest BCUT2D eigenvalue weighted by atomic mass is 15.4. The molecule has 0 unspecified atom stereocenters. The molecular formula is C21H22N4. The van der Waals surface area contributed by atoms with Crippen molar-refractivity contribution in [3.8, 4) is 6.07 Å². The molecule has 2 aromatic carbocycles. The molecule has 0 N–H and O–H groups in total. The zero-order chi connectivity index (χ0) is 18.5. The van der Waals surface area contributed by atoms with Gasteiger partial charge in [-0.3, -0.25) is 0 Å². The molecule has 0 radical (unpaired) electrons. The molecule has 0 spiro atoms. The highest BCUT2D eigenvalue weighted by Gasteiger charge is 2.36. The van der Waals surface area contributed by atoms with Crippen molar-refractivity contribution in [2.24, 2.45) is 0 Å². The summed E-state index contributed by atoms with van der Waals surface area (Å²) in [4.78, 5) is 8.02. The maximum Gasteiger partial charge on any atom is 0.212 e. The first-order chi connectivity index (χ1) is 11.8. The van der Waals surface area contributed by atoms with E-state index in [9.17, 15) is 5.26 Å². The van der Waals surface area contributed by atoms with Crippen LogP contribution in [0.3, 0.4) is 0 Å². The predicted octanol–water partition coefficient (Wildman–Crippen LogP) is 5.28. The number of benzene rings is 2. The third-order valence-corrected chi connectivity index (χ3v) is 5.61. The number of fused-ring (bicyclic) bond motifs is 1. The van der Waals surface area contributed by atoms with Gasteiger partial charge in [0, 0.05) is 12.7 Å². The lowest BCUT2D eigenvalue weighted by molar-refractivity contribution is 0.732. The minimum Gasteiger partial charge on any atom is -0.353 e. The first-order valence-corrected chi connectivity index (χ1v) is 8.37. The van der Waals surface area contributed by atoms with Crippen LogP contribution in [0.25, 0.3) is 4.85 Å². The quantitative estimate of drug-likeness (QED) is 0.667. The van der Waals surface area contributed by atoms with Gasteiger partial charge in [-0.15, -0.1) is 0 Å². The molecule has 0 bridgehead atoms. The number of aryl methyl sites for hydroxylation is 1. The average Bonchev–Trinajstić information content (AvgIpc) is 2.87. The highest BCUT2D eigenvalue weighted by Crippen LogP contribution is 2.51. The summed E-state index contributed by atoms with van der Waals surface area (Å²) in [6, 6.07) is 7.98. The molecule has 0 fully saturated rings. The second-order valence-electron chi connectivity index (χ2n) is 6.75. The van der Waals surface area contributed by atoms with Crippen LogP contribution in [0, 0.1) is 45.6 Å². The van der Waals surface area contributed by atoms with Crippen LogP contribution >= 0.6 is 0 Å². The standard InChI is InChI=1S/C21H22N4/c1-12-10-19(15(4)14(3)13(12)2)25-16(5)24(7)20-17(11-22)8-9-18(23-6)21(20)25/h8-10,16H,1-5,7H3/t16-/m0/s1. The lowest BCUT2D eigenvalue weighted by Gasteiger charge is -2.31. The smallest absolute Gasteiger partial charge is 0.212 e. The van der Waals surface area contributed by atoms with Crippen LogP contribution < -0.4 is 9.80 Å². The molecule has 1 aliphatic heterocycles. The van der Waals surface area contributed by atoms with E-state index in [1.807, 2.05) is 7.05 Å². The van der Waals surface area contributed by atoms with E-state index in [-0.39, 0.29) is 6.17 Å². The van der Waals surface area contributed by atoms with Crippen LogP contribution in [0.5, 0.6) is 0 Å². The van der Waals surface area contributed by atoms with Gasteiger partial charge in [0.25, 0.3) is 0 Å². The molecule has 1 aliphatic rings. The van der Waals surface area contributed by atoms with E-state index in [2.05, 4.69) is 61.4 Å². The van der Waals surface area contributed by atoms with Gasteiger partial charge in [-0.2, -0.15) is 5.26 Å². The molecule has 0 saturated carbocycles. The average molecular weight is 330 g/mol. The predicted molar refractivity (Wildman–Crippen MR) is 103 cm³/mol. The number of anilines is 3. The van der Waals surface area contributed by atoms with Crippen LogP contribution in [-0.4, -0.2) is 13.2 Å². The number of rotatable bonds is 1. The zero-order valence-corrected chi connectivity index (χ0v) is 15.6. The van der Waals surface area contributed by atoms with Gasteiger partial charge in [0.1, 0.15) is 12.2 Å². The van der Waals surface area contributed by atoms with E-state index in [4.69, 9.17) is 6.57 Å². The van der Waals surface area contributed by atoms with Gasteiger partial charge in [0.05, 0.1) is 23.5 Å². The van der Waals surface area contributed by atoms with E-state index in [0.717, 1.165) is 17.1 Å². The molecule has 0 saturated heterocycles. The van der Waals surface area contributed by atoms with Gasteiger partial charge in [-0.05, 0) is 62.9 Å². The molecule has 1 atom stereocenters. The SMILES string of the molecule is [C-]#[N+]c1ccc(C#N)c2c1N(c1cc(C)c(C)c(C)c1C)[C@@H](C)N2C. The Morgan fingerprint density at radius 1 is 1.08 bits per heavy atom. The fourth-order valence-electron chi connectivity index (χ4n) is 3.65. The number of hydrogen-bond donors (Lipinski definition) is 0. The Labute approximate surface area is 149 Å². The summed E-state index contributed by atoms with van der Waals surface area (Å²) >= 11 is 0. The molecule has 126 valence electrons. The van der Waals surface area contributed by atoms with Crippen molar-refractivity contribution in [1.82, 2.24) is 0 Å². The first kappa shape index (κ1) is 16.9. The monoisotopic (exact) mass is 330 g/mol.